The number of rotatable bonds is 4. The van der Waals surface area contributed by atoms with Gasteiger partial charge in [0.25, 0.3) is 5.91 Å². The van der Waals surface area contributed by atoms with Gasteiger partial charge in [-0.2, -0.15) is 0 Å². The lowest BCUT2D eigenvalue weighted by Crippen LogP contribution is -3.18. The first kappa shape index (κ1) is 17.3. The third-order valence-electron chi connectivity index (χ3n) is 5.66. The third kappa shape index (κ3) is 4.50. The van der Waals surface area contributed by atoms with Crippen LogP contribution < -0.4 is 9.64 Å². The minimum Gasteiger partial charge on any atom is -0.484 e. The topological polar surface area (TPSA) is 34.0 Å². The second-order valence-electron chi connectivity index (χ2n) is 7.61. The smallest absolute Gasteiger partial charge is 0.260 e. The SMILES string of the molecule is Cc1ccc(OCC(=O)N2CC[NH+]([C@H]3CCC[C@@H](C)C3)CC2)cc1. The Kier molecular flexibility index (Phi) is 5.77. The lowest BCUT2D eigenvalue weighted by atomic mass is 9.86. The number of ether oxygens (including phenoxy) is 1. The molecule has 1 saturated heterocycles. The first-order valence-electron chi connectivity index (χ1n) is 9.43. The molecule has 1 aromatic carbocycles. The quantitative estimate of drug-likeness (QED) is 0.911. The summed E-state index contributed by atoms with van der Waals surface area (Å²) in [5.41, 5.74) is 1.20. The summed E-state index contributed by atoms with van der Waals surface area (Å²) in [4.78, 5) is 16.1. The average molecular weight is 331 g/mol. The van der Waals surface area contributed by atoms with Gasteiger partial charge in [-0.3, -0.25) is 4.79 Å². The van der Waals surface area contributed by atoms with E-state index in [1.54, 1.807) is 4.90 Å². The zero-order chi connectivity index (χ0) is 16.9. The Bertz CT molecular complexity index is 535. The van der Waals surface area contributed by atoms with E-state index in [9.17, 15) is 4.79 Å². The van der Waals surface area contributed by atoms with Crippen LogP contribution in [0.2, 0.25) is 0 Å². The van der Waals surface area contributed by atoms with Crippen LogP contribution in [0.4, 0.5) is 0 Å². The van der Waals surface area contributed by atoms with E-state index < -0.39 is 0 Å². The lowest BCUT2D eigenvalue weighted by Gasteiger charge is -2.39. The molecule has 1 heterocycles. The first-order valence-corrected chi connectivity index (χ1v) is 9.43. The van der Waals surface area contributed by atoms with Crippen LogP contribution in [0, 0.1) is 12.8 Å². The molecular weight excluding hydrogens is 300 g/mol. The van der Waals surface area contributed by atoms with E-state index in [1.165, 1.54) is 31.2 Å². The second kappa shape index (κ2) is 8.02. The molecule has 0 aromatic heterocycles. The standard InChI is InChI=1S/C20H30N2O2/c1-16-6-8-19(9-7-16)24-15-20(23)22-12-10-21(11-13-22)18-5-3-4-17(2)14-18/h6-9,17-18H,3-5,10-15H2,1-2H3/p+1/t17-,18+/m1/s1. The fourth-order valence-corrected chi connectivity index (χ4v) is 4.13. The van der Waals surface area contributed by atoms with Gasteiger partial charge in [-0.1, -0.05) is 31.0 Å². The summed E-state index contributed by atoms with van der Waals surface area (Å²) < 4.78 is 5.64. The van der Waals surface area contributed by atoms with Gasteiger partial charge in [-0.25, -0.2) is 0 Å². The highest BCUT2D eigenvalue weighted by Crippen LogP contribution is 2.22. The Morgan fingerprint density at radius 1 is 1.21 bits per heavy atom. The molecule has 132 valence electrons. The number of nitrogens with zero attached hydrogens (tertiary/aromatic N) is 1. The number of hydrogen-bond donors (Lipinski definition) is 1. The molecule has 4 heteroatoms. The summed E-state index contributed by atoms with van der Waals surface area (Å²) in [5.74, 6) is 1.76. The highest BCUT2D eigenvalue weighted by atomic mass is 16.5. The maximum atomic E-state index is 12.4. The molecule has 0 unspecified atom stereocenters. The number of amides is 1. The van der Waals surface area contributed by atoms with Crippen LogP contribution in [0.1, 0.15) is 38.2 Å². The van der Waals surface area contributed by atoms with Crippen LogP contribution in [-0.4, -0.2) is 49.6 Å². The van der Waals surface area contributed by atoms with Crippen molar-refractivity contribution >= 4 is 5.91 Å². The molecule has 0 bridgehead atoms. The van der Waals surface area contributed by atoms with E-state index in [1.807, 2.05) is 36.1 Å². The van der Waals surface area contributed by atoms with E-state index in [2.05, 4.69) is 6.92 Å². The van der Waals surface area contributed by atoms with Gasteiger partial charge in [0, 0.05) is 6.42 Å². The molecule has 1 aliphatic heterocycles. The molecule has 0 spiro atoms. The molecular formula is C20H31N2O2+. The summed E-state index contributed by atoms with van der Waals surface area (Å²) in [7, 11) is 0. The zero-order valence-electron chi connectivity index (χ0n) is 15.1. The van der Waals surface area contributed by atoms with Crippen molar-refractivity contribution in [2.24, 2.45) is 5.92 Å². The molecule has 1 aliphatic carbocycles. The molecule has 2 aliphatic rings. The number of quaternary nitrogens is 1. The van der Waals surface area contributed by atoms with E-state index in [0.717, 1.165) is 43.9 Å². The fraction of sp³-hybridized carbons (Fsp3) is 0.650. The van der Waals surface area contributed by atoms with Crippen molar-refractivity contribution in [2.75, 3.05) is 32.8 Å². The van der Waals surface area contributed by atoms with Crippen LogP contribution in [0.5, 0.6) is 5.75 Å². The van der Waals surface area contributed by atoms with Gasteiger partial charge in [0.15, 0.2) is 6.61 Å². The molecule has 0 radical (unpaired) electrons. The van der Waals surface area contributed by atoms with Gasteiger partial charge < -0.3 is 14.5 Å². The summed E-state index contributed by atoms with van der Waals surface area (Å²) in [6.07, 6.45) is 5.50. The van der Waals surface area contributed by atoms with Gasteiger partial charge in [-0.15, -0.1) is 0 Å². The van der Waals surface area contributed by atoms with E-state index in [4.69, 9.17) is 4.74 Å². The van der Waals surface area contributed by atoms with Crippen molar-refractivity contribution < 1.29 is 14.4 Å². The zero-order valence-corrected chi connectivity index (χ0v) is 15.1. The molecule has 4 nitrogen and oxygen atoms in total. The van der Waals surface area contributed by atoms with Crippen molar-refractivity contribution in [3.8, 4) is 5.75 Å². The van der Waals surface area contributed by atoms with Crippen LogP contribution in [-0.2, 0) is 4.79 Å². The van der Waals surface area contributed by atoms with Crippen LogP contribution in [0.25, 0.3) is 0 Å². The average Bonchev–Trinajstić information content (AvgIpc) is 2.61. The number of benzene rings is 1. The van der Waals surface area contributed by atoms with Gasteiger partial charge in [0.1, 0.15) is 5.75 Å². The predicted octanol–water partition coefficient (Wildman–Crippen LogP) is 1.68. The van der Waals surface area contributed by atoms with E-state index in [-0.39, 0.29) is 12.5 Å². The molecule has 1 saturated carbocycles. The van der Waals surface area contributed by atoms with Crippen molar-refractivity contribution in [1.82, 2.24) is 4.90 Å². The summed E-state index contributed by atoms with van der Waals surface area (Å²) in [6.45, 7) is 8.50. The van der Waals surface area contributed by atoms with Gasteiger partial charge in [0.05, 0.1) is 32.2 Å². The number of carbonyl (C=O) groups excluding carboxylic acids is 1. The Morgan fingerprint density at radius 3 is 2.58 bits per heavy atom. The van der Waals surface area contributed by atoms with E-state index >= 15 is 0 Å². The Balaban J connectivity index is 1.42. The highest BCUT2D eigenvalue weighted by Gasteiger charge is 2.31. The molecule has 1 amide bonds. The van der Waals surface area contributed by atoms with Crippen molar-refractivity contribution in [2.45, 2.75) is 45.6 Å². The van der Waals surface area contributed by atoms with E-state index in [0.29, 0.717) is 0 Å². The number of aryl methyl sites for hydroxylation is 1. The minimum absolute atomic E-state index is 0.117. The van der Waals surface area contributed by atoms with Crippen LogP contribution in [0.3, 0.4) is 0 Å². The number of piperazine rings is 1. The minimum atomic E-state index is 0.117. The van der Waals surface area contributed by atoms with Crippen molar-refractivity contribution in [3.05, 3.63) is 29.8 Å². The molecule has 2 fully saturated rings. The summed E-state index contributed by atoms with van der Waals surface area (Å²) in [6, 6.07) is 8.68. The van der Waals surface area contributed by atoms with Gasteiger partial charge >= 0.3 is 0 Å². The van der Waals surface area contributed by atoms with Crippen LogP contribution in [0.15, 0.2) is 24.3 Å². The van der Waals surface area contributed by atoms with Crippen molar-refractivity contribution in [1.29, 1.82) is 0 Å². The van der Waals surface area contributed by atoms with Gasteiger partial charge in [0.2, 0.25) is 0 Å². The van der Waals surface area contributed by atoms with Crippen LogP contribution >= 0.6 is 0 Å². The first-order chi connectivity index (χ1) is 11.6. The monoisotopic (exact) mass is 331 g/mol. The fourth-order valence-electron chi connectivity index (χ4n) is 4.13. The second-order valence-corrected chi connectivity index (χ2v) is 7.61. The number of hydrogen-bond acceptors (Lipinski definition) is 2. The third-order valence-corrected chi connectivity index (χ3v) is 5.66. The molecule has 24 heavy (non-hydrogen) atoms. The summed E-state index contributed by atoms with van der Waals surface area (Å²) in [5, 5.41) is 0. The number of nitrogens with one attached hydrogen (secondary N) is 1. The normalized spacial score (nSPS) is 25.5. The van der Waals surface area contributed by atoms with Crippen molar-refractivity contribution in [3.63, 3.8) is 0 Å². The maximum absolute atomic E-state index is 12.4. The Morgan fingerprint density at radius 2 is 1.92 bits per heavy atom. The molecule has 2 atom stereocenters. The largest absolute Gasteiger partial charge is 0.484 e. The maximum Gasteiger partial charge on any atom is 0.260 e. The lowest BCUT2D eigenvalue weighted by molar-refractivity contribution is -0.930. The summed E-state index contributed by atoms with van der Waals surface area (Å²) >= 11 is 0. The molecule has 3 rings (SSSR count). The number of carbonyl (C=O) groups is 1. The Labute approximate surface area is 145 Å². The highest BCUT2D eigenvalue weighted by molar-refractivity contribution is 5.77. The molecule has 1 N–H and O–H groups in total. The van der Waals surface area contributed by atoms with Gasteiger partial charge in [-0.05, 0) is 37.8 Å². The molecule has 1 aromatic rings. The predicted molar refractivity (Wildman–Crippen MR) is 95.4 cm³/mol. The Hall–Kier alpha value is -1.55.